The van der Waals surface area contributed by atoms with E-state index >= 15 is 0 Å². The summed E-state index contributed by atoms with van der Waals surface area (Å²) in [5, 5.41) is 7.12. The molecule has 1 aromatic carbocycles. The van der Waals surface area contributed by atoms with Crippen LogP contribution in [0.15, 0.2) is 35.3 Å². The zero-order valence-electron chi connectivity index (χ0n) is 21.6. The van der Waals surface area contributed by atoms with Crippen molar-refractivity contribution in [1.29, 1.82) is 0 Å². The van der Waals surface area contributed by atoms with Gasteiger partial charge in [0.2, 0.25) is 11.8 Å². The molecule has 0 aromatic heterocycles. The molecular weight excluding hydrogens is 509 g/mol. The summed E-state index contributed by atoms with van der Waals surface area (Å²) in [5.41, 5.74) is -0.397. The zero-order valence-corrected chi connectivity index (χ0v) is 21.6. The molecule has 2 amide bonds. The fraction of sp³-hybridized carbons (Fsp3) is 0.560. The van der Waals surface area contributed by atoms with Gasteiger partial charge in [0.15, 0.2) is 11.5 Å². The van der Waals surface area contributed by atoms with Crippen LogP contribution in [0.3, 0.4) is 0 Å². The standard InChI is InChI=1S/C23H30N4O4.C2HF3O2/c1-5-12-24-22-25(6-2)14-16-17-18(23(3,27(16)22)21(30)31-4)20(29)26(19(17)28)13-15-10-8-7-9-11-15;3-2(4,5)1(6)7/h7-11,16-18H,5-6,12-14H2,1-4H3;(H,6,7)/t16-,17+,18-,23-;/m1./s1. The molecule has 4 atom stereocenters. The molecule has 0 aliphatic carbocycles. The third kappa shape index (κ3) is 4.93. The van der Waals surface area contributed by atoms with Gasteiger partial charge in [-0.3, -0.25) is 19.5 Å². The number of esters is 1. The first-order valence-electron chi connectivity index (χ1n) is 12.2. The van der Waals surface area contributed by atoms with Crippen LogP contribution in [-0.2, 0) is 30.5 Å². The minimum Gasteiger partial charge on any atom is -0.475 e. The predicted molar refractivity (Wildman–Crippen MR) is 129 cm³/mol. The van der Waals surface area contributed by atoms with Crippen LogP contribution in [-0.4, -0.2) is 94.0 Å². The van der Waals surface area contributed by atoms with Crippen LogP contribution in [0, 0.1) is 11.8 Å². The van der Waals surface area contributed by atoms with Crippen molar-refractivity contribution in [2.24, 2.45) is 16.8 Å². The molecule has 0 bridgehead atoms. The number of carboxylic acid groups (broad SMARTS) is 1. The summed E-state index contributed by atoms with van der Waals surface area (Å²) in [4.78, 5) is 59.2. The van der Waals surface area contributed by atoms with Crippen LogP contribution in [0.25, 0.3) is 0 Å². The summed E-state index contributed by atoms with van der Waals surface area (Å²) < 4.78 is 36.9. The molecule has 4 rings (SSSR count). The number of hydrogen-bond acceptors (Lipinski definition) is 6. The number of carbonyl (C=O) groups is 4. The Hall–Kier alpha value is -3.64. The van der Waals surface area contributed by atoms with Crippen molar-refractivity contribution in [3.05, 3.63) is 35.9 Å². The van der Waals surface area contributed by atoms with Crippen molar-refractivity contribution in [3.63, 3.8) is 0 Å². The van der Waals surface area contributed by atoms with Crippen LogP contribution < -0.4 is 0 Å². The lowest BCUT2D eigenvalue weighted by Gasteiger charge is -2.37. The molecule has 13 heteroatoms. The van der Waals surface area contributed by atoms with E-state index in [1.54, 1.807) is 6.92 Å². The van der Waals surface area contributed by atoms with Crippen LogP contribution in [0.1, 0.15) is 32.8 Å². The van der Waals surface area contributed by atoms with Gasteiger partial charge in [-0.05, 0) is 25.8 Å². The Morgan fingerprint density at radius 2 is 1.76 bits per heavy atom. The highest BCUT2D eigenvalue weighted by atomic mass is 19.4. The zero-order chi connectivity index (χ0) is 28.4. The largest absolute Gasteiger partial charge is 0.490 e. The molecule has 3 heterocycles. The lowest BCUT2D eigenvalue weighted by atomic mass is 9.81. The van der Waals surface area contributed by atoms with Crippen LogP contribution in [0.2, 0.25) is 0 Å². The number of carboxylic acids is 1. The van der Waals surface area contributed by atoms with Crippen LogP contribution in [0.4, 0.5) is 13.2 Å². The second kappa shape index (κ2) is 11.0. The summed E-state index contributed by atoms with van der Waals surface area (Å²) in [6.07, 6.45) is -4.22. The topological polar surface area (TPSA) is 120 Å². The number of fused-ring (bicyclic) bond motifs is 3. The molecule has 0 radical (unpaired) electrons. The second-order valence-corrected chi connectivity index (χ2v) is 9.35. The average Bonchev–Trinajstić information content (AvgIpc) is 3.46. The molecule has 1 aromatic rings. The first kappa shape index (κ1) is 28.9. The Morgan fingerprint density at radius 1 is 1.16 bits per heavy atom. The van der Waals surface area contributed by atoms with Gasteiger partial charge in [-0.25, -0.2) is 9.59 Å². The van der Waals surface area contributed by atoms with Gasteiger partial charge in [-0.1, -0.05) is 37.3 Å². The van der Waals surface area contributed by atoms with E-state index in [0.29, 0.717) is 25.6 Å². The van der Waals surface area contributed by atoms with Gasteiger partial charge < -0.3 is 19.6 Å². The van der Waals surface area contributed by atoms with E-state index in [1.807, 2.05) is 49.1 Å². The molecule has 0 unspecified atom stereocenters. The minimum absolute atomic E-state index is 0.212. The number of guanidine groups is 1. The highest BCUT2D eigenvalue weighted by Crippen LogP contribution is 2.52. The van der Waals surface area contributed by atoms with Crippen molar-refractivity contribution < 1.29 is 42.2 Å². The monoisotopic (exact) mass is 540 g/mol. The molecule has 3 aliphatic heterocycles. The van der Waals surface area contributed by atoms with Crippen molar-refractivity contribution in [3.8, 4) is 0 Å². The molecule has 208 valence electrons. The smallest absolute Gasteiger partial charge is 0.475 e. The molecule has 3 fully saturated rings. The van der Waals surface area contributed by atoms with Gasteiger partial charge >= 0.3 is 18.1 Å². The molecule has 1 N–H and O–H groups in total. The quantitative estimate of drug-likeness (QED) is 0.431. The van der Waals surface area contributed by atoms with E-state index in [-0.39, 0.29) is 24.4 Å². The van der Waals surface area contributed by atoms with E-state index in [9.17, 15) is 27.6 Å². The van der Waals surface area contributed by atoms with Gasteiger partial charge in [-0.2, -0.15) is 13.2 Å². The third-order valence-corrected chi connectivity index (χ3v) is 7.08. The Bertz CT molecular complexity index is 1110. The minimum atomic E-state index is -5.08. The molecular formula is C25H31F3N4O6. The molecule has 0 saturated carbocycles. The number of benzene rings is 1. The van der Waals surface area contributed by atoms with E-state index in [0.717, 1.165) is 12.0 Å². The van der Waals surface area contributed by atoms with Crippen LogP contribution in [0.5, 0.6) is 0 Å². The summed E-state index contributed by atoms with van der Waals surface area (Å²) in [6, 6.07) is 9.16. The van der Waals surface area contributed by atoms with Crippen molar-refractivity contribution in [2.75, 3.05) is 26.7 Å². The maximum absolute atomic E-state index is 13.6. The summed E-state index contributed by atoms with van der Waals surface area (Å²) >= 11 is 0. The molecule has 0 spiro atoms. The summed E-state index contributed by atoms with van der Waals surface area (Å²) in [7, 11) is 1.33. The van der Waals surface area contributed by atoms with Gasteiger partial charge in [0.05, 0.1) is 31.5 Å². The number of amides is 2. The number of halogens is 3. The number of likely N-dealkylation sites (N-methyl/N-ethyl adjacent to an activating group) is 1. The summed E-state index contributed by atoms with van der Waals surface area (Å²) in [6.45, 7) is 7.90. The number of carbonyl (C=O) groups excluding carboxylic acids is 3. The Labute approximate surface area is 218 Å². The lowest BCUT2D eigenvalue weighted by Crippen LogP contribution is -2.58. The fourth-order valence-electron chi connectivity index (χ4n) is 5.41. The van der Waals surface area contributed by atoms with Crippen molar-refractivity contribution in [2.45, 2.75) is 51.5 Å². The summed E-state index contributed by atoms with van der Waals surface area (Å²) in [5.74, 6) is -4.47. The molecule has 3 saturated heterocycles. The number of ether oxygens (including phenoxy) is 1. The number of imide groups is 1. The maximum Gasteiger partial charge on any atom is 0.490 e. The first-order valence-corrected chi connectivity index (χ1v) is 12.2. The number of methoxy groups -OCH3 is 1. The van der Waals surface area contributed by atoms with Gasteiger partial charge in [0, 0.05) is 19.6 Å². The lowest BCUT2D eigenvalue weighted by molar-refractivity contribution is -0.192. The van der Waals surface area contributed by atoms with Crippen molar-refractivity contribution >= 4 is 29.7 Å². The fourth-order valence-corrected chi connectivity index (χ4v) is 5.41. The number of likely N-dealkylation sites (tertiary alicyclic amines) is 1. The first-order chi connectivity index (χ1) is 17.8. The van der Waals surface area contributed by atoms with Gasteiger partial charge in [-0.15, -0.1) is 0 Å². The molecule has 3 aliphatic rings. The van der Waals surface area contributed by atoms with E-state index < -0.39 is 35.5 Å². The van der Waals surface area contributed by atoms with E-state index in [2.05, 4.69) is 4.90 Å². The number of alkyl halides is 3. The van der Waals surface area contributed by atoms with E-state index in [4.69, 9.17) is 19.6 Å². The molecule has 10 nitrogen and oxygen atoms in total. The normalized spacial score (nSPS) is 27.3. The highest BCUT2D eigenvalue weighted by Gasteiger charge is 2.73. The third-order valence-electron chi connectivity index (χ3n) is 7.08. The number of nitrogens with zero attached hydrogens (tertiary/aromatic N) is 4. The Kier molecular flexibility index (Phi) is 8.37. The Morgan fingerprint density at radius 3 is 2.26 bits per heavy atom. The van der Waals surface area contributed by atoms with Gasteiger partial charge in [0.1, 0.15) is 0 Å². The number of aliphatic carboxylic acids is 1. The average molecular weight is 541 g/mol. The number of hydrogen-bond donors (Lipinski definition) is 1. The number of rotatable bonds is 6. The van der Waals surface area contributed by atoms with Crippen molar-refractivity contribution in [1.82, 2.24) is 14.7 Å². The Balaban J connectivity index is 0.000000505. The predicted octanol–water partition coefficient (Wildman–Crippen LogP) is 2.14. The SMILES string of the molecule is CCCN=C1N(CC)C[C@@H]2[C@@H]3C(=O)N(Cc4ccccc4)C(=O)[C@@H]3[C@](C)(C(=O)OC)N12.O=C(O)C(F)(F)F. The van der Waals surface area contributed by atoms with Crippen LogP contribution >= 0.6 is 0 Å². The maximum atomic E-state index is 13.6. The van der Waals surface area contributed by atoms with Gasteiger partial charge in [0.25, 0.3) is 0 Å². The highest BCUT2D eigenvalue weighted by molar-refractivity contribution is 6.11. The van der Waals surface area contributed by atoms with E-state index in [1.165, 1.54) is 12.0 Å². The second-order valence-electron chi connectivity index (χ2n) is 9.35. The molecule has 38 heavy (non-hydrogen) atoms. The number of aliphatic imine (C=N–C) groups is 1.